The van der Waals surface area contributed by atoms with Crippen LogP contribution in [0.3, 0.4) is 0 Å². The van der Waals surface area contributed by atoms with Crippen molar-refractivity contribution in [1.29, 1.82) is 0 Å². The molecule has 0 aromatic rings. The van der Waals surface area contributed by atoms with Crippen LogP contribution in [0.25, 0.3) is 0 Å². The molecule has 6 nitrogen and oxygen atoms in total. The van der Waals surface area contributed by atoms with Crippen LogP contribution >= 0.6 is 0 Å². The number of carbonyl (C=O) groups excluding carboxylic acids is 2. The van der Waals surface area contributed by atoms with E-state index in [1.165, 1.54) is 0 Å². The van der Waals surface area contributed by atoms with Gasteiger partial charge in [0.05, 0.1) is 25.2 Å². The van der Waals surface area contributed by atoms with Gasteiger partial charge in [0.2, 0.25) is 0 Å². The number of nitrogens with zero attached hydrogens (tertiary/aromatic N) is 1. The highest BCUT2D eigenvalue weighted by Crippen LogP contribution is 2.27. The zero-order valence-electron chi connectivity index (χ0n) is 13.0. The largest absolute Gasteiger partial charge is 0.466 e. The van der Waals surface area contributed by atoms with E-state index in [1.54, 1.807) is 0 Å². The van der Waals surface area contributed by atoms with Crippen LogP contribution in [0.15, 0.2) is 0 Å². The van der Waals surface area contributed by atoms with Gasteiger partial charge in [0.1, 0.15) is 0 Å². The van der Waals surface area contributed by atoms with Crippen LogP contribution in [0.1, 0.15) is 39.5 Å². The summed E-state index contributed by atoms with van der Waals surface area (Å²) >= 11 is 0. The number of morpholine rings is 1. The minimum absolute atomic E-state index is 0.0359. The van der Waals surface area contributed by atoms with Crippen LogP contribution in [0, 0.1) is 5.92 Å². The molecule has 0 unspecified atom stereocenters. The number of hydrogen-bond donors (Lipinski definition) is 1. The predicted octanol–water partition coefficient (Wildman–Crippen LogP) is 1.54. The zero-order chi connectivity index (χ0) is 15.2. The third kappa shape index (κ3) is 4.33. The molecule has 0 radical (unpaired) electrons. The lowest BCUT2D eigenvalue weighted by Crippen LogP contribution is -2.51. The number of ether oxygens (including phenoxy) is 2. The highest BCUT2D eigenvalue weighted by Gasteiger charge is 2.33. The van der Waals surface area contributed by atoms with Crippen molar-refractivity contribution in [2.45, 2.75) is 51.7 Å². The molecule has 2 amide bonds. The molecule has 3 atom stereocenters. The second-order valence-corrected chi connectivity index (χ2v) is 5.76. The number of esters is 1. The summed E-state index contributed by atoms with van der Waals surface area (Å²) < 4.78 is 10.6. The van der Waals surface area contributed by atoms with Gasteiger partial charge in [0, 0.05) is 19.1 Å². The second-order valence-electron chi connectivity index (χ2n) is 5.76. The quantitative estimate of drug-likeness (QED) is 0.799. The molecule has 21 heavy (non-hydrogen) atoms. The Labute approximate surface area is 126 Å². The van der Waals surface area contributed by atoms with E-state index in [-0.39, 0.29) is 30.1 Å². The van der Waals surface area contributed by atoms with Gasteiger partial charge in [-0.15, -0.1) is 0 Å². The molecule has 120 valence electrons. The Balaban J connectivity index is 1.77. The molecule has 2 rings (SSSR count). The van der Waals surface area contributed by atoms with E-state index in [4.69, 9.17) is 9.47 Å². The maximum atomic E-state index is 12.3. The van der Waals surface area contributed by atoms with Crippen LogP contribution in [0.2, 0.25) is 0 Å². The number of nitrogens with one attached hydrogen (secondary N) is 1. The second kappa shape index (κ2) is 7.64. The lowest BCUT2D eigenvalue weighted by molar-refractivity contribution is -0.147. The van der Waals surface area contributed by atoms with Crippen molar-refractivity contribution in [3.63, 3.8) is 0 Å². The molecular formula is C15H26N2O4. The fourth-order valence-electron chi connectivity index (χ4n) is 3.00. The van der Waals surface area contributed by atoms with E-state index in [0.29, 0.717) is 32.7 Å². The van der Waals surface area contributed by atoms with Crippen LogP contribution in [0.4, 0.5) is 4.79 Å². The molecule has 0 aromatic carbocycles. The third-order valence-electron chi connectivity index (χ3n) is 4.26. The van der Waals surface area contributed by atoms with Crippen molar-refractivity contribution >= 4 is 12.0 Å². The summed E-state index contributed by atoms with van der Waals surface area (Å²) in [7, 11) is 0. The fraction of sp³-hybridized carbons (Fsp3) is 0.867. The minimum Gasteiger partial charge on any atom is -0.466 e. The number of carbonyl (C=O) groups is 2. The highest BCUT2D eigenvalue weighted by atomic mass is 16.5. The molecule has 0 aromatic heterocycles. The normalized spacial score (nSPS) is 29.2. The summed E-state index contributed by atoms with van der Waals surface area (Å²) in [6.45, 7) is 6.18. The average molecular weight is 298 g/mol. The summed E-state index contributed by atoms with van der Waals surface area (Å²) in [5.41, 5.74) is 0. The standard InChI is InChI=1S/C15H26N2O4/c1-3-13-10-17(7-8-21-13)15(19)16-12-6-5-11(9-12)14(18)20-4-2/h11-13H,3-10H2,1-2H3,(H,16,19)/t11-,12+,13+/m1/s1. The number of amides is 2. The van der Waals surface area contributed by atoms with Gasteiger partial charge in [-0.05, 0) is 32.6 Å². The Hall–Kier alpha value is -1.30. The Bertz CT molecular complexity index is 375. The predicted molar refractivity (Wildman–Crippen MR) is 77.9 cm³/mol. The topological polar surface area (TPSA) is 67.9 Å². The molecule has 2 fully saturated rings. The van der Waals surface area contributed by atoms with Gasteiger partial charge in [0.15, 0.2) is 0 Å². The van der Waals surface area contributed by atoms with Gasteiger partial charge < -0.3 is 19.7 Å². The molecular weight excluding hydrogens is 272 g/mol. The first kappa shape index (κ1) is 16.1. The van der Waals surface area contributed by atoms with Crippen molar-refractivity contribution in [2.24, 2.45) is 5.92 Å². The molecule has 1 heterocycles. The summed E-state index contributed by atoms with van der Waals surface area (Å²) in [6.07, 6.45) is 3.38. The van der Waals surface area contributed by atoms with Crippen molar-refractivity contribution in [3.05, 3.63) is 0 Å². The van der Waals surface area contributed by atoms with Crippen LogP contribution in [0.5, 0.6) is 0 Å². The van der Waals surface area contributed by atoms with Crippen molar-refractivity contribution in [2.75, 3.05) is 26.3 Å². The fourth-order valence-corrected chi connectivity index (χ4v) is 3.00. The van der Waals surface area contributed by atoms with Crippen LogP contribution < -0.4 is 5.32 Å². The maximum absolute atomic E-state index is 12.3. The molecule has 1 saturated heterocycles. The summed E-state index contributed by atoms with van der Waals surface area (Å²) in [5.74, 6) is -0.199. The van der Waals surface area contributed by atoms with Crippen molar-refractivity contribution in [3.8, 4) is 0 Å². The van der Waals surface area contributed by atoms with Gasteiger partial charge in [-0.3, -0.25) is 4.79 Å². The van der Waals surface area contributed by atoms with E-state index in [1.807, 2.05) is 11.8 Å². The molecule has 0 bridgehead atoms. The molecule has 1 aliphatic carbocycles. The van der Waals surface area contributed by atoms with E-state index < -0.39 is 0 Å². The molecule has 2 aliphatic rings. The van der Waals surface area contributed by atoms with Gasteiger partial charge >= 0.3 is 12.0 Å². The molecule has 1 saturated carbocycles. The molecule has 1 N–H and O–H groups in total. The smallest absolute Gasteiger partial charge is 0.317 e. The number of hydrogen-bond acceptors (Lipinski definition) is 4. The Kier molecular flexibility index (Phi) is 5.85. The van der Waals surface area contributed by atoms with E-state index >= 15 is 0 Å². The van der Waals surface area contributed by atoms with E-state index in [0.717, 1.165) is 19.3 Å². The summed E-state index contributed by atoms with van der Waals surface area (Å²) in [4.78, 5) is 25.8. The number of rotatable bonds is 4. The highest BCUT2D eigenvalue weighted by molar-refractivity contribution is 5.76. The molecule has 6 heteroatoms. The monoisotopic (exact) mass is 298 g/mol. The lowest BCUT2D eigenvalue weighted by Gasteiger charge is -2.33. The first-order chi connectivity index (χ1) is 10.1. The van der Waals surface area contributed by atoms with E-state index in [9.17, 15) is 9.59 Å². The van der Waals surface area contributed by atoms with Crippen molar-refractivity contribution in [1.82, 2.24) is 10.2 Å². The number of urea groups is 1. The molecule has 0 spiro atoms. The Morgan fingerprint density at radius 2 is 2.14 bits per heavy atom. The Morgan fingerprint density at radius 3 is 2.86 bits per heavy atom. The SMILES string of the molecule is CCOC(=O)[C@@H]1CC[C@H](NC(=O)N2CCO[C@@H](CC)C2)C1. The van der Waals surface area contributed by atoms with Gasteiger partial charge in [-0.1, -0.05) is 6.92 Å². The minimum atomic E-state index is -0.133. The first-order valence-corrected chi connectivity index (χ1v) is 7.97. The van der Waals surface area contributed by atoms with Gasteiger partial charge in [-0.25, -0.2) is 4.79 Å². The molecule has 1 aliphatic heterocycles. The summed E-state index contributed by atoms with van der Waals surface area (Å²) in [5, 5.41) is 3.04. The van der Waals surface area contributed by atoms with E-state index in [2.05, 4.69) is 12.2 Å². The maximum Gasteiger partial charge on any atom is 0.317 e. The first-order valence-electron chi connectivity index (χ1n) is 7.97. The van der Waals surface area contributed by atoms with Crippen molar-refractivity contribution < 1.29 is 19.1 Å². The zero-order valence-corrected chi connectivity index (χ0v) is 13.0. The summed E-state index contributed by atoms with van der Waals surface area (Å²) in [6, 6.07) is 0.0427. The lowest BCUT2D eigenvalue weighted by atomic mass is 10.1. The van der Waals surface area contributed by atoms with Gasteiger partial charge in [0.25, 0.3) is 0 Å². The van der Waals surface area contributed by atoms with Crippen LogP contribution in [-0.4, -0.2) is 55.3 Å². The van der Waals surface area contributed by atoms with Gasteiger partial charge in [-0.2, -0.15) is 0 Å². The van der Waals surface area contributed by atoms with Crippen LogP contribution in [-0.2, 0) is 14.3 Å². The Morgan fingerprint density at radius 1 is 1.33 bits per heavy atom. The third-order valence-corrected chi connectivity index (χ3v) is 4.26. The average Bonchev–Trinajstić information content (AvgIpc) is 2.96.